The van der Waals surface area contributed by atoms with Gasteiger partial charge in [0.1, 0.15) is 6.10 Å². The molecule has 0 aromatic carbocycles. The number of Topliss-reactive ketones (excluding diaryl/α,β-unsaturated/α-hetero) is 1. The molecule has 0 aromatic heterocycles. The van der Waals surface area contributed by atoms with Crippen LogP contribution < -0.4 is 5.32 Å². The third-order valence-corrected chi connectivity index (χ3v) is 15.0. The Labute approximate surface area is 266 Å². The summed E-state index contributed by atoms with van der Waals surface area (Å²) < 4.78 is 5.93. The lowest BCUT2D eigenvalue weighted by Gasteiger charge is -2.72. The molecule has 8 atom stereocenters. The van der Waals surface area contributed by atoms with E-state index in [0.717, 1.165) is 76.6 Å². The molecule has 0 unspecified atom stereocenters. The van der Waals surface area contributed by atoms with Crippen LogP contribution in [0.15, 0.2) is 11.1 Å². The number of ether oxygens (including phenoxy) is 1. The number of esters is 1. The molecule has 6 heteroatoms. The lowest BCUT2D eigenvalue weighted by Crippen LogP contribution is -2.66. The van der Waals surface area contributed by atoms with Crippen molar-refractivity contribution in [2.24, 2.45) is 50.7 Å². The summed E-state index contributed by atoms with van der Waals surface area (Å²) in [7, 11) is 0. The smallest absolute Gasteiger partial charge is 0.302 e. The van der Waals surface area contributed by atoms with Crippen molar-refractivity contribution in [3.05, 3.63) is 11.1 Å². The van der Waals surface area contributed by atoms with Gasteiger partial charge in [-0.15, -0.1) is 0 Å². The fraction of sp³-hybridized carbons (Fsp3) is 0.868. The largest absolute Gasteiger partial charge is 0.462 e. The predicted octanol–water partition coefficient (Wildman–Crippen LogP) is 7.11. The number of hydrogen-bond acceptors (Lipinski definition) is 5. The molecule has 5 fully saturated rings. The molecule has 1 saturated heterocycles. The van der Waals surface area contributed by atoms with E-state index in [1.54, 1.807) is 6.92 Å². The average Bonchev–Trinajstić information content (AvgIpc) is 3.56. The van der Waals surface area contributed by atoms with Gasteiger partial charge in [-0.25, -0.2) is 0 Å². The summed E-state index contributed by atoms with van der Waals surface area (Å²) in [5.74, 6) is 1.68. The van der Waals surface area contributed by atoms with Gasteiger partial charge in [-0.05, 0) is 128 Å². The van der Waals surface area contributed by atoms with Crippen LogP contribution in [0.5, 0.6) is 0 Å². The molecule has 0 radical (unpaired) electrons. The summed E-state index contributed by atoms with van der Waals surface area (Å²) in [5.41, 5.74) is 1.86. The van der Waals surface area contributed by atoms with Gasteiger partial charge >= 0.3 is 5.97 Å². The van der Waals surface area contributed by atoms with Gasteiger partial charge < -0.3 is 15.0 Å². The number of amides is 1. The van der Waals surface area contributed by atoms with Crippen LogP contribution in [-0.2, 0) is 19.1 Å². The molecule has 246 valence electrons. The molecule has 0 spiro atoms. The van der Waals surface area contributed by atoms with Crippen molar-refractivity contribution in [3.63, 3.8) is 0 Å². The van der Waals surface area contributed by atoms with Crippen molar-refractivity contribution in [1.29, 1.82) is 0 Å². The Morgan fingerprint density at radius 2 is 1.61 bits per heavy atom. The molecule has 0 aromatic rings. The second-order valence-electron chi connectivity index (χ2n) is 17.5. The highest BCUT2D eigenvalue weighted by Gasteiger charge is 2.71. The quantitative estimate of drug-likeness (QED) is 0.325. The van der Waals surface area contributed by atoms with E-state index in [9.17, 15) is 14.4 Å². The predicted molar refractivity (Wildman–Crippen MR) is 174 cm³/mol. The lowest BCUT2D eigenvalue weighted by atomic mass is 9.33. The molecule has 1 heterocycles. The highest BCUT2D eigenvalue weighted by Crippen LogP contribution is 2.76. The number of allylic oxidation sites excluding steroid dienone is 1. The van der Waals surface area contributed by atoms with Crippen LogP contribution in [0.3, 0.4) is 0 Å². The molecular formula is C38H60N2O4. The van der Waals surface area contributed by atoms with Crippen molar-refractivity contribution < 1.29 is 19.1 Å². The molecule has 6 nitrogen and oxygen atoms in total. The van der Waals surface area contributed by atoms with Crippen molar-refractivity contribution in [2.45, 2.75) is 132 Å². The van der Waals surface area contributed by atoms with E-state index in [1.165, 1.54) is 18.4 Å². The van der Waals surface area contributed by atoms with Crippen LogP contribution >= 0.6 is 0 Å². The van der Waals surface area contributed by atoms with Crippen LogP contribution in [0, 0.1) is 50.7 Å². The van der Waals surface area contributed by atoms with Crippen molar-refractivity contribution in [1.82, 2.24) is 10.2 Å². The second-order valence-corrected chi connectivity index (χ2v) is 17.5. The zero-order chi connectivity index (χ0) is 31.9. The molecule has 1 N–H and O–H groups in total. The molecule has 6 aliphatic rings. The Morgan fingerprint density at radius 1 is 0.909 bits per heavy atom. The normalized spacial score (nSPS) is 43.2. The van der Waals surface area contributed by atoms with E-state index in [2.05, 4.69) is 58.7 Å². The van der Waals surface area contributed by atoms with Crippen molar-refractivity contribution >= 4 is 17.7 Å². The number of fused-ring (bicyclic) bond motifs is 7. The van der Waals surface area contributed by atoms with Gasteiger partial charge in [0.25, 0.3) is 0 Å². The third kappa shape index (κ3) is 4.53. The summed E-state index contributed by atoms with van der Waals surface area (Å²) in [6, 6.07) is 0. The van der Waals surface area contributed by atoms with Gasteiger partial charge in [0, 0.05) is 31.8 Å². The first-order valence-corrected chi connectivity index (χ1v) is 18.1. The first-order chi connectivity index (χ1) is 20.6. The minimum atomic E-state index is -0.666. The standard InChI is InChI=1S/C38H60N2O4/c1-24(2)31-27(42)23-38(33(43)39-19-22-40-20-9-10-21-40)18-17-36(7)26(32(31)38)11-12-29-35(6)15-14-30(44-25(3)41)34(4,5)28(35)13-16-37(29,36)8/h24,26,28-30H,9-23H2,1-8H3,(H,39,43)/t26-,28+,29-,30+,35+,36-,37-,38-/m1/s1. The summed E-state index contributed by atoms with van der Waals surface area (Å²) in [4.78, 5) is 42.6. The Balaban J connectivity index is 1.32. The number of carbonyl (C=O) groups is 3. The van der Waals surface area contributed by atoms with E-state index in [1.807, 2.05) is 0 Å². The summed E-state index contributed by atoms with van der Waals surface area (Å²) in [6.07, 6.45) is 11.2. The number of hydrogen-bond donors (Lipinski definition) is 1. The van der Waals surface area contributed by atoms with Gasteiger partial charge in [0.15, 0.2) is 5.78 Å². The fourth-order valence-corrected chi connectivity index (χ4v) is 12.8. The number of likely N-dealkylation sites (tertiary alicyclic amines) is 1. The minimum absolute atomic E-state index is 0.0168. The molecule has 0 bridgehead atoms. The second kappa shape index (κ2) is 10.9. The van der Waals surface area contributed by atoms with Gasteiger partial charge in [0.05, 0.1) is 5.41 Å². The number of nitrogens with zero attached hydrogens (tertiary/aromatic N) is 1. The van der Waals surface area contributed by atoms with Gasteiger partial charge in [-0.1, -0.05) is 48.5 Å². The Kier molecular flexibility index (Phi) is 8.02. The summed E-state index contributed by atoms with van der Waals surface area (Å²) in [6.45, 7) is 22.1. The molecule has 1 amide bonds. The highest BCUT2D eigenvalue weighted by molar-refractivity contribution is 6.06. The monoisotopic (exact) mass is 608 g/mol. The Bertz CT molecular complexity index is 1230. The van der Waals surface area contributed by atoms with Crippen molar-refractivity contribution in [3.8, 4) is 0 Å². The van der Waals surface area contributed by atoms with Crippen LogP contribution in [-0.4, -0.2) is 54.8 Å². The number of rotatable bonds is 6. The number of nitrogens with one attached hydrogen (secondary N) is 1. The van der Waals surface area contributed by atoms with E-state index in [-0.39, 0.29) is 57.3 Å². The maximum atomic E-state index is 14.3. The SMILES string of the molecule is CC(=O)O[C@H]1CC[C@]2(C)[C@H]3CC[C@@H]4C5=C(C(C)C)C(=O)C[C@]5(C(=O)NCCN5CCCC5)CC[C@@]4(C)[C@]3(C)CC[C@H]2C1(C)C. The molecular weight excluding hydrogens is 548 g/mol. The highest BCUT2D eigenvalue weighted by atomic mass is 16.5. The van der Waals surface area contributed by atoms with Crippen LogP contribution in [0.1, 0.15) is 126 Å². The molecule has 5 aliphatic carbocycles. The van der Waals surface area contributed by atoms with E-state index < -0.39 is 5.41 Å². The van der Waals surface area contributed by atoms with Crippen LogP contribution in [0.4, 0.5) is 0 Å². The molecule has 6 rings (SSSR count). The van der Waals surface area contributed by atoms with Crippen LogP contribution in [0.25, 0.3) is 0 Å². The fourth-order valence-electron chi connectivity index (χ4n) is 12.8. The Morgan fingerprint density at radius 3 is 2.27 bits per heavy atom. The van der Waals surface area contributed by atoms with E-state index >= 15 is 0 Å². The zero-order valence-corrected chi connectivity index (χ0v) is 29.1. The third-order valence-electron chi connectivity index (χ3n) is 15.0. The van der Waals surface area contributed by atoms with Crippen molar-refractivity contribution in [2.75, 3.05) is 26.2 Å². The molecule has 1 aliphatic heterocycles. The lowest BCUT2D eigenvalue weighted by molar-refractivity contribution is -0.232. The van der Waals surface area contributed by atoms with Gasteiger partial charge in [0.2, 0.25) is 5.91 Å². The molecule has 4 saturated carbocycles. The zero-order valence-electron chi connectivity index (χ0n) is 29.1. The first kappa shape index (κ1) is 32.3. The topological polar surface area (TPSA) is 75.7 Å². The van der Waals surface area contributed by atoms with Crippen LogP contribution in [0.2, 0.25) is 0 Å². The van der Waals surface area contributed by atoms with Gasteiger partial charge in [-0.3, -0.25) is 14.4 Å². The van der Waals surface area contributed by atoms with Gasteiger partial charge in [-0.2, -0.15) is 0 Å². The summed E-state index contributed by atoms with van der Waals surface area (Å²) in [5, 5.41) is 3.36. The van der Waals surface area contributed by atoms with E-state index in [4.69, 9.17) is 4.74 Å². The van der Waals surface area contributed by atoms with E-state index in [0.29, 0.717) is 24.8 Å². The maximum Gasteiger partial charge on any atom is 0.302 e. The maximum absolute atomic E-state index is 14.3. The molecule has 44 heavy (non-hydrogen) atoms. The summed E-state index contributed by atoms with van der Waals surface area (Å²) >= 11 is 0. The Hall–Kier alpha value is -1.69. The number of carbonyl (C=O) groups excluding carboxylic acids is 3. The first-order valence-electron chi connectivity index (χ1n) is 18.1. The minimum Gasteiger partial charge on any atom is -0.462 e. The average molecular weight is 609 g/mol. The number of ketones is 1.